The summed E-state index contributed by atoms with van der Waals surface area (Å²) in [6.07, 6.45) is 8.99. The van der Waals surface area contributed by atoms with Gasteiger partial charge in [0.15, 0.2) is 0 Å². The maximum absolute atomic E-state index is 11.8. The highest BCUT2D eigenvalue weighted by atomic mass is 16.1. The summed E-state index contributed by atoms with van der Waals surface area (Å²) in [6.45, 7) is 7.67. The molecule has 7 nitrogen and oxygen atoms in total. The molecule has 7 heteroatoms. The van der Waals surface area contributed by atoms with Crippen LogP contribution in [0.15, 0.2) is 42.7 Å². The standard InChI is InChI=1S/C26H30N6O/c1-3-32-12-9-19(10-13-32)18-4-6-21(7-5-18)29-26-25-20(8-11-27-24(25)16-33)14-23(30-26)22-15-28-31-17(22)2/h4-8,11,14-16,19,24,27H,3,9-10,12-13H2,1-2H3,(H,28,31)(H,29,30). The van der Waals surface area contributed by atoms with E-state index in [1.807, 2.05) is 31.5 Å². The summed E-state index contributed by atoms with van der Waals surface area (Å²) in [7, 11) is 0. The van der Waals surface area contributed by atoms with E-state index < -0.39 is 6.04 Å². The Morgan fingerprint density at radius 1 is 1.21 bits per heavy atom. The number of pyridine rings is 1. The van der Waals surface area contributed by atoms with Gasteiger partial charge >= 0.3 is 0 Å². The number of piperidine rings is 1. The van der Waals surface area contributed by atoms with E-state index in [4.69, 9.17) is 4.98 Å². The van der Waals surface area contributed by atoms with Crippen LogP contribution in [0, 0.1) is 6.92 Å². The number of rotatable bonds is 6. The Kier molecular flexibility index (Phi) is 5.96. The van der Waals surface area contributed by atoms with E-state index in [0.29, 0.717) is 11.7 Å². The van der Waals surface area contributed by atoms with Crippen LogP contribution in [-0.4, -0.2) is 46.0 Å². The van der Waals surface area contributed by atoms with Crippen molar-refractivity contribution in [3.8, 4) is 11.3 Å². The van der Waals surface area contributed by atoms with Gasteiger partial charge in [-0.1, -0.05) is 19.1 Å². The van der Waals surface area contributed by atoms with Crippen molar-refractivity contribution in [2.24, 2.45) is 0 Å². The Bertz CT molecular complexity index is 1160. The summed E-state index contributed by atoms with van der Waals surface area (Å²) in [5.41, 5.74) is 6.83. The molecular weight excluding hydrogens is 412 g/mol. The van der Waals surface area contributed by atoms with Gasteiger partial charge in [0.2, 0.25) is 0 Å². The van der Waals surface area contributed by atoms with Crippen LogP contribution >= 0.6 is 0 Å². The van der Waals surface area contributed by atoms with E-state index in [9.17, 15) is 4.79 Å². The average Bonchev–Trinajstić information content (AvgIpc) is 3.30. The molecule has 0 radical (unpaired) electrons. The van der Waals surface area contributed by atoms with Crippen molar-refractivity contribution < 1.29 is 4.79 Å². The first-order chi connectivity index (χ1) is 16.2. The van der Waals surface area contributed by atoms with E-state index in [2.05, 4.69) is 56.9 Å². The minimum Gasteiger partial charge on any atom is -0.378 e. The second-order valence-electron chi connectivity index (χ2n) is 8.81. The molecule has 1 fully saturated rings. The molecule has 3 N–H and O–H groups in total. The molecule has 1 unspecified atom stereocenters. The fourth-order valence-electron chi connectivity index (χ4n) is 4.88. The summed E-state index contributed by atoms with van der Waals surface area (Å²) < 4.78 is 0. The van der Waals surface area contributed by atoms with Crippen LogP contribution in [0.2, 0.25) is 0 Å². The molecule has 2 aliphatic rings. The molecule has 0 aliphatic carbocycles. The summed E-state index contributed by atoms with van der Waals surface area (Å²) in [4.78, 5) is 19.2. The first-order valence-electron chi connectivity index (χ1n) is 11.7. The second-order valence-corrected chi connectivity index (χ2v) is 8.81. The van der Waals surface area contributed by atoms with Crippen LogP contribution < -0.4 is 10.6 Å². The van der Waals surface area contributed by atoms with Gasteiger partial charge in [-0.15, -0.1) is 0 Å². The van der Waals surface area contributed by atoms with Crippen molar-refractivity contribution in [1.29, 1.82) is 0 Å². The van der Waals surface area contributed by atoms with Gasteiger partial charge in [-0.05, 0) is 86.9 Å². The molecule has 1 atom stereocenters. The molecule has 3 aromatic rings. The van der Waals surface area contributed by atoms with Gasteiger partial charge < -0.3 is 20.3 Å². The van der Waals surface area contributed by atoms with Gasteiger partial charge in [-0.25, -0.2) is 4.98 Å². The molecule has 0 bridgehead atoms. The van der Waals surface area contributed by atoms with Crippen LogP contribution in [-0.2, 0) is 4.79 Å². The molecule has 1 aromatic carbocycles. The molecule has 33 heavy (non-hydrogen) atoms. The van der Waals surface area contributed by atoms with Crippen LogP contribution in [0.4, 0.5) is 11.5 Å². The lowest BCUT2D eigenvalue weighted by Crippen LogP contribution is -2.32. The maximum Gasteiger partial charge on any atom is 0.146 e. The summed E-state index contributed by atoms with van der Waals surface area (Å²) in [6, 6.07) is 10.3. The number of carbonyl (C=O) groups is 1. The van der Waals surface area contributed by atoms with Crippen molar-refractivity contribution in [3.63, 3.8) is 0 Å². The topological polar surface area (TPSA) is 85.9 Å². The number of carbonyl (C=O) groups excluding carboxylic acids is 1. The Morgan fingerprint density at radius 2 is 2.00 bits per heavy atom. The Labute approximate surface area is 194 Å². The minimum atomic E-state index is -0.442. The summed E-state index contributed by atoms with van der Waals surface area (Å²) >= 11 is 0. The fourth-order valence-corrected chi connectivity index (χ4v) is 4.88. The molecule has 2 aliphatic heterocycles. The number of anilines is 2. The number of benzene rings is 1. The third-order valence-corrected chi connectivity index (χ3v) is 6.86. The molecule has 0 amide bonds. The zero-order chi connectivity index (χ0) is 22.8. The number of aromatic amines is 1. The molecule has 0 spiro atoms. The van der Waals surface area contributed by atoms with Crippen molar-refractivity contribution >= 4 is 23.9 Å². The molecule has 1 saturated heterocycles. The van der Waals surface area contributed by atoms with Crippen LogP contribution in [0.3, 0.4) is 0 Å². The van der Waals surface area contributed by atoms with Gasteiger partial charge in [0.05, 0.1) is 11.4 Å². The third kappa shape index (κ3) is 4.28. The minimum absolute atomic E-state index is 0.442. The smallest absolute Gasteiger partial charge is 0.146 e. The predicted molar refractivity (Wildman–Crippen MR) is 131 cm³/mol. The van der Waals surface area contributed by atoms with Crippen LogP contribution in [0.5, 0.6) is 0 Å². The Hall–Kier alpha value is -3.45. The largest absolute Gasteiger partial charge is 0.378 e. The highest BCUT2D eigenvalue weighted by Crippen LogP contribution is 2.35. The van der Waals surface area contributed by atoms with E-state index in [1.54, 1.807) is 0 Å². The number of hydrogen-bond donors (Lipinski definition) is 3. The zero-order valence-electron chi connectivity index (χ0n) is 19.1. The second kappa shape index (κ2) is 9.19. The van der Waals surface area contributed by atoms with Crippen molar-refractivity contribution in [1.82, 2.24) is 25.4 Å². The fraction of sp³-hybridized carbons (Fsp3) is 0.346. The number of aryl methyl sites for hydroxylation is 1. The first kappa shape index (κ1) is 21.4. The average molecular weight is 443 g/mol. The quantitative estimate of drug-likeness (QED) is 0.486. The number of aromatic nitrogens is 3. The van der Waals surface area contributed by atoms with E-state index in [0.717, 1.165) is 46.6 Å². The SMILES string of the molecule is CCN1CCC(c2ccc(Nc3nc(-c4c[nH]nc4C)cc4c3C(C=O)NC=C4)cc2)CC1. The number of aldehydes is 1. The van der Waals surface area contributed by atoms with E-state index in [-0.39, 0.29) is 0 Å². The van der Waals surface area contributed by atoms with Gasteiger partial charge in [0.1, 0.15) is 18.1 Å². The number of nitrogens with one attached hydrogen (secondary N) is 3. The Balaban J connectivity index is 1.44. The number of fused-ring (bicyclic) bond motifs is 1. The summed E-state index contributed by atoms with van der Waals surface area (Å²) in [5, 5.41) is 13.8. The van der Waals surface area contributed by atoms with Crippen molar-refractivity contribution in [3.05, 3.63) is 65.1 Å². The highest BCUT2D eigenvalue weighted by molar-refractivity contribution is 5.80. The van der Waals surface area contributed by atoms with E-state index >= 15 is 0 Å². The lowest BCUT2D eigenvalue weighted by atomic mass is 9.89. The van der Waals surface area contributed by atoms with Crippen molar-refractivity contribution in [2.75, 3.05) is 25.0 Å². The maximum atomic E-state index is 11.8. The van der Waals surface area contributed by atoms with Crippen LogP contribution in [0.1, 0.15) is 54.1 Å². The number of likely N-dealkylation sites (tertiary alicyclic amines) is 1. The zero-order valence-corrected chi connectivity index (χ0v) is 19.1. The molecule has 170 valence electrons. The predicted octanol–water partition coefficient (Wildman–Crippen LogP) is 4.54. The lowest BCUT2D eigenvalue weighted by Gasteiger charge is -2.31. The normalized spacial score (nSPS) is 18.5. The third-order valence-electron chi connectivity index (χ3n) is 6.86. The summed E-state index contributed by atoms with van der Waals surface area (Å²) in [5.74, 6) is 1.30. The lowest BCUT2D eigenvalue weighted by molar-refractivity contribution is -0.109. The van der Waals surface area contributed by atoms with Crippen LogP contribution in [0.25, 0.3) is 17.3 Å². The number of H-pyrrole nitrogens is 1. The molecule has 2 aromatic heterocycles. The molecule has 4 heterocycles. The molecule has 5 rings (SSSR count). The number of hydrogen-bond acceptors (Lipinski definition) is 6. The molecular formula is C26H30N6O. The monoisotopic (exact) mass is 442 g/mol. The first-order valence-corrected chi connectivity index (χ1v) is 11.7. The van der Waals surface area contributed by atoms with Gasteiger partial charge in [-0.2, -0.15) is 5.10 Å². The van der Waals surface area contributed by atoms with Gasteiger partial charge in [-0.3, -0.25) is 5.10 Å². The molecule has 0 saturated carbocycles. The van der Waals surface area contributed by atoms with E-state index in [1.165, 1.54) is 31.5 Å². The van der Waals surface area contributed by atoms with Crippen molar-refractivity contribution in [2.45, 2.75) is 38.6 Å². The number of nitrogens with zero attached hydrogens (tertiary/aromatic N) is 3. The van der Waals surface area contributed by atoms with Gasteiger partial charge in [0.25, 0.3) is 0 Å². The highest BCUT2D eigenvalue weighted by Gasteiger charge is 2.24. The van der Waals surface area contributed by atoms with Gasteiger partial charge in [0, 0.05) is 23.0 Å². The Morgan fingerprint density at radius 3 is 2.67 bits per heavy atom.